The first-order valence-corrected chi connectivity index (χ1v) is 7.53. The van der Waals surface area contributed by atoms with Crippen LogP contribution in [0.5, 0.6) is 0 Å². The molecule has 3 unspecified atom stereocenters. The van der Waals surface area contributed by atoms with E-state index in [0.717, 1.165) is 12.8 Å². The summed E-state index contributed by atoms with van der Waals surface area (Å²) in [6, 6.07) is 0. The van der Waals surface area contributed by atoms with Gasteiger partial charge < -0.3 is 9.84 Å². The molecule has 4 nitrogen and oxygen atoms in total. The Morgan fingerprint density at radius 2 is 1.65 bits per heavy atom. The Kier molecular flexibility index (Phi) is 7.60. The maximum atomic E-state index is 12.5. The zero-order chi connectivity index (χ0) is 16.0. The Morgan fingerprint density at radius 1 is 1.10 bits per heavy atom. The molecule has 0 rings (SSSR count). The second-order valence-corrected chi connectivity index (χ2v) is 5.96. The molecule has 0 amide bonds. The highest BCUT2D eigenvalue weighted by molar-refractivity contribution is 5.89. The highest BCUT2D eigenvalue weighted by Crippen LogP contribution is 2.34. The van der Waals surface area contributed by atoms with Gasteiger partial charge in [-0.3, -0.25) is 9.59 Å². The molecule has 0 aromatic heterocycles. The van der Waals surface area contributed by atoms with E-state index in [4.69, 9.17) is 9.84 Å². The summed E-state index contributed by atoms with van der Waals surface area (Å²) < 4.78 is 5.58. The van der Waals surface area contributed by atoms with E-state index in [1.807, 2.05) is 20.8 Å². The lowest BCUT2D eigenvalue weighted by Gasteiger charge is -2.34. The van der Waals surface area contributed by atoms with Crippen LogP contribution in [0.15, 0.2) is 0 Å². The molecule has 0 radical (unpaired) electrons. The Labute approximate surface area is 122 Å². The normalized spacial score (nSPS) is 18.9. The lowest BCUT2D eigenvalue weighted by Crippen LogP contribution is -2.44. The van der Waals surface area contributed by atoms with Gasteiger partial charge in [-0.25, -0.2) is 0 Å². The molecule has 0 heterocycles. The number of aliphatic hydroxyl groups excluding tert-OH is 1. The Balaban J connectivity index is 4.88. The minimum Gasteiger partial charge on any atom is -0.388 e. The lowest BCUT2D eigenvalue weighted by atomic mass is 9.71. The molecule has 1 N–H and O–H groups in total. The third-order valence-electron chi connectivity index (χ3n) is 5.00. The molecule has 0 aliphatic rings. The van der Waals surface area contributed by atoms with Gasteiger partial charge in [0.05, 0.1) is 0 Å². The smallest absolute Gasteiger partial charge is 0.189 e. The average Bonchev–Trinajstić information content (AvgIpc) is 2.49. The van der Waals surface area contributed by atoms with E-state index in [9.17, 15) is 9.59 Å². The van der Waals surface area contributed by atoms with Crippen LogP contribution < -0.4 is 0 Å². The summed E-state index contributed by atoms with van der Waals surface area (Å²) in [6.07, 6.45) is 2.11. The van der Waals surface area contributed by atoms with E-state index >= 15 is 0 Å². The molecule has 0 aliphatic carbocycles. The van der Waals surface area contributed by atoms with Crippen LogP contribution in [-0.4, -0.2) is 35.5 Å². The largest absolute Gasteiger partial charge is 0.388 e. The van der Waals surface area contributed by atoms with Crippen molar-refractivity contribution in [3.8, 4) is 0 Å². The van der Waals surface area contributed by atoms with Crippen LogP contribution in [0.1, 0.15) is 60.8 Å². The van der Waals surface area contributed by atoms with Crippen LogP contribution in [0, 0.1) is 11.3 Å². The van der Waals surface area contributed by atoms with E-state index in [0.29, 0.717) is 6.42 Å². The molecule has 0 aromatic rings. The van der Waals surface area contributed by atoms with Gasteiger partial charge in [0.25, 0.3) is 0 Å². The predicted molar refractivity (Wildman–Crippen MR) is 79.6 cm³/mol. The molecular formula is C16H30O4. The maximum absolute atomic E-state index is 12.5. The fraction of sp³-hybridized carbons (Fsp3) is 0.875. The summed E-state index contributed by atoms with van der Waals surface area (Å²) in [5, 5.41) is 8.98. The van der Waals surface area contributed by atoms with Gasteiger partial charge in [-0.1, -0.05) is 41.0 Å². The Hall–Kier alpha value is -0.740. The monoisotopic (exact) mass is 286 g/mol. The summed E-state index contributed by atoms with van der Waals surface area (Å²) in [4.78, 5) is 24.2. The summed E-state index contributed by atoms with van der Waals surface area (Å²) in [5.74, 6) is -0.0840. The molecule has 0 saturated heterocycles. The average molecular weight is 286 g/mol. The van der Waals surface area contributed by atoms with Crippen molar-refractivity contribution in [2.75, 3.05) is 13.2 Å². The predicted octanol–water partition coefficient (Wildman–Crippen LogP) is 2.76. The molecule has 0 spiro atoms. The van der Waals surface area contributed by atoms with Crippen LogP contribution in [0.25, 0.3) is 0 Å². The number of hydrogen-bond donors (Lipinski definition) is 1. The topological polar surface area (TPSA) is 63.6 Å². The van der Waals surface area contributed by atoms with Crippen LogP contribution >= 0.6 is 0 Å². The van der Waals surface area contributed by atoms with E-state index in [1.54, 1.807) is 6.92 Å². The van der Waals surface area contributed by atoms with Crippen molar-refractivity contribution in [3.63, 3.8) is 0 Å². The van der Waals surface area contributed by atoms with Gasteiger partial charge in [0.1, 0.15) is 18.8 Å². The van der Waals surface area contributed by atoms with Gasteiger partial charge in [0.2, 0.25) is 0 Å². The molecule has 0 aromatic carbocycles. The zero-order valence-corrected chi connectivity index (χ0v) is 13.8. The van der Waals surface area contributed by atoms with Crippen LogP contribution in [-0.2, 0) is 14.3 Å². The molecular weight excluding hydrogens is 256 g/mol. The molecule has 0 bridgehead atoms. The van der Waals surface area contributed by atoms with E-state index in [1.165, 1.54) is 0 Å². The van der Waals surface area contributed by atoms with Gasteiger partial charge in [-0.05, 0) is 25.7 Å². The first-order valence-electron chi connectivity index (χ1n) is 7.53. The third-order valence-corrected chi connectivity index (χ3v) is 5.00. The second-order valence-electron chi connectivity index (χ2n) is 5.96. The summed E-state index contributed by atoms with van der Waals surface area (Å²) in [5.41, 5.74) is -1.50. The Morgan fingerprint density at radius 3 is 2.00 bits per heavy atom. The third kappa shape index (κ3) is 4.13. The SMILES string of the molecule is CCC(C)C(C)(CC)C(=O)COC(C)(CC)C(=O)CO. The number of carbonyl (C=O) groups excluding carboxylic acids is 2. The quantitative estimate of drug-likeness (QED) is 0.670. The van der Waals surface area contributed by atoms with Gasteiger partial charge in [-0.15, -0.1) is 0 Å². The maximum Gasteiger partial charge on any atom is 0.189 e. The molecule has 3 atom stereocenters. The van der Waals surface area contributed by atoms with Crippen molar-refractivity contribution < 1.29 is 19.4 Å². The van der Waals surface area contributed by atoms with Gasteiger partial charge in [0.15, 0.2) is 11.6 Å². The second kappa shape index (κ2) is 7.89. The molecule has 118 valence electrons. The summed E-state index contributed by atoms with van der Waals surface area (Å²) >= 11 is 0. The number of Topliss-reactive ketones (excluding diaryl/α,β-unsaturated/α-hetero) is 2. The van der Waals surface area contributed by atoms with Crippen molar-refractivity contribution in [2.24, 2.45) is 11.3 Å². The molecule has 0 aliphatic heterocycles. The minimum atomic E-state index is -1.07. The Bertz CT molecular complexity index is 339. The number of carbonyl (C=O) groups is 2. The summed E-state index contributed by atoms with van der Waals surface area (Å²) in [6.45, 7) is 10.9. The van der Waals surface area contributed by atoms with Crippen molar-refractivity contribution in [1.29, 1.82) is 0 Å². The van der Waals surface area contributed by atoms with Crippen LogP contribution in [0.2, 0.25) is 0 Å². The highest BCUT2D eigenvalue weighted by atomic mass is 16.5. The van der Waals surface area contributed by atoms with E-state index in [2.05, 4.69) is 13.8 Å². The number of ether oxygens (including phenoxy) is 1. The van der Waals surface area contributed by atoms with Crippen molar-refractivity contribution >= 4 is 11.6 Å². The molecule has 20 heavy (non-hydrogen) atoms. The number of hydrogen-bond acceptors (Lipinski definition) is 4. The van der Waals surface area contributed by atoms with Gasteiger partial charge >= 0.3 is 0 Å². The van der Waals surface area contributed by atoms with E-state index in [-0.39, 0.29) is 24.1 Å². The molecule has 4 heteroatoms. The number of ketones is 2. The van der Waals surface area contributed by atoms with Crippen molar-refractivity contribution in [2.45, 2.75) is 66.4 Å². The highest BCUT2D eigenvalue weighted by Gasteiger charge is 2.38. The van der Waals surface area contributed by atoms with Crippen LogP contribution in [0.4, 0.5) is 0 Å². The standard InChI is InChI=1S/C16H30O4/c1-7-12(4)15(5,8-2)14(19)11-20-16(6,9-3)13(18)10-17/h12,17H,7-11H2,1-6H3. The minimum absolute atomic E-state index is 0.0276. The van der Waals surface area contributed by atoms with Crippen LogP contribution in [0.3, 0.4) is 0 Å². The van der Waals surface area contributed by atoms with Crippen molar-refractivity contribution in [3.05, 3.63) is 0 Å². The fourth-order valence-electron chi connectivity index (χ4n) is 2.21. The summed E-state index contributed by atoms with van der Waals surface area (Å²) in [7, 11) is 0. The number of rotatable bonds is 10. The molecule has 0 saturated carbocycles. The lowest BCUT2D eigenvalue weighted by molar-refractivity contribution is -0.154. The van der Waals surface area contributed by atoms with E-state index < -0.39 is 17.6 Å². The van der Waals surface area contributed by atoms with Gasteiger partial charge in [0, 0.05) is 5.41 Å². The van der Waals surface area contributed by atoms with Crippen molar-refractivity contribution in [1.82, 2.24) is 0 Å². The number of aliphatic hydroxyl groups is 1. The fourth-order valence-corrected chi connectivity index (χ4v) is 2.21. The first kappa shape index (κ1) is 19.3. The van der Waals surface area contributed by atoms with Gasteiger partial charge in [-0.2, -0.15) is 0 Å². The first-order chi connectivity index (χ1) is 9.21. The molecule has 0 fully saturated rings. The zero-order valence-electron chi connectivity index (χ0n) is 13.8.